The Labute approximate surface area is 106 Å². The monoisotopic (exact) mass is 240 g/mol. The zero-order chi connectivity index (χ0) is 12.3. The summed E-state index contributed by atoms with van der Waals surface area (Å²) in [4.78, 5) is 2.67. The number of piperazine rings is 1. The molecule has 0 spiro atoms. The van der Waals surface area contributed by atoms with Crippen molar-refractivity contribution in [3.8, 4) is 0 Å². The van der Waals surface area contributed by atoms with Crippen LogP contribution in [0.4, 0.5) is 0 Å². The van der Waals surface area contributed by atoms with E-state index in [0.717, 1.165) is 19.1 Å². The molecule has 2 aliphatic heterocycles. The maximum Gasteiger partial charge on any atom is 0.0613 e. The van der Waals surface area contributed by atoms with Gasteiger partial charge in [0.2, 0.25) is 0 Å². The SMILES string of the molecule is CCC1CN(CC2CCOC2CC)C(C)CN1. The maximum absolute atomic E-state index is 5.80. The van der Waals surface area contributed by atoms with Crippen LogP contribution in [0.3, 0.4) is 0 Å². The molecule has 4 atom stereocenters. The molecule has 3 nitrogen and oxygen atoms in total. The molecular weight excluding hydrogens is 212 g/mol. The molecule has 2 aliphatic rings. The lowest BCUT2D eigenvalue weighted by Gasteiger charge is -2.40. The van der Waals surface area contributed by atoms with Crippen molar-refractivity contribution in [3.63, 3.8) is 0 Å². The zero-order valence-corrected chi connectivity index (χ0v) is 11.6. The van der Waals surface area contributed by atoms with Crippen LogP contribution in [0.25, 0.3) is 0 Å². The molecule has 1 N–H and O–H groups in total. The van der Waals surface area contributed by atoms with Crippen molar-refractivity contribution in [1.29, 1.82) is 0 Å². The minimum Gasteiger partial charge on any atom is -0.378 e. The van der Waals surface area contributed by atoms with Crippen LogP contribution in [-0.4, -0.2) is 49.3 Å². The quantitative estimate of drug-likeness (QED) is 0.812. The average molecular weight is 240 g/mol. The van der Waals surface area contributed by atoms with Crippen molar-refractivity contribution < 1.29 is 4.74 Å². The first-order chi connectivity index (χ1) is 8.24. The van der Waals surface area contributed by atoms with Gasteiger partial charge in [0, 0.05) is 38.3 Å². The number of nitrogens with one attached hydrogen (secondary N) is 1. The summed E-state index contributed by atoms with van der Waals surface area (Å²) in [5.41, 5.74) is 0. The van der Waals surface area contributed by atoms with Crippen molar-refractivity contribution in [2.75, 3.05) is 26.2 Å². The van der Waals surface area contributed by atoms with Crippen molar-refractivity contribution in [1.82, 2.24) is 10.2 Å². The van der Waals surface area contributed by atoms with E-state index in [9.17, 15) is 0 Å². The Morgan fingerprint density at radius 2 is 2.12 bits per heavy atom. The first-order valence-corrected chi connectivity index (χ1v) is 7.33. The van der Waals surface area contributed by atoms with Gasteiger partial charge < -0.3 is 10.1 Å². The molecule has 3 heteroatoms. The number of nitrogens with zero attached hydrogens (tertiary/aromatic N) is 1. The fraction of sp³-hybridized carbons (Fsp3) is 1.00. The normalized spacial score (nSPS) is 39.7. The molecule has 2 heterocycles. The van der Waals surface area contributed by atoms with Gasteiger partial charge in [-0.2, -0.15) is 0 Å². The summed E-state index contributed by atoms with van der Waals surface area (Å²) in [5.74, 6) is 0.762. The highest BCUT2D eigenvalue weighted by Crippen LogP contribution is 2.25. The fourth-order valence-electron chi connectivity index (χ4n) is 3.18. The van der Waals surface area contributed by atoms with E-state index in [0.29, 0.717) is 18.2 Å². The lowest BCUT2D eigenvalue weighted by molar-refractivity contribution is 0.0586. The molecule has 0 aromatic carbocycles. The molecule has 0 bridgehead atoms. The average Bonchev–Trinajstić information content (AvgIpc) is 2.79. The summed E-state index contributed by atoms with van der Waals surface area (Å²) in [7, 11) is 0. The van der Waals surface area contributed by atoms with E-state index in [1.54, 1.807) is 0 Å². The van der Waals surface area contributed by atoms with Crippen molar-refractivity contribution in [3.05, 3.63) is 0 Å². The van der Waals surface area contributed by atoms with E-state index in [4.69, 9.17) is 4.74 Å². The summed E-state index contributed by atoms with van der Waals surface area (Å²) in [5, 5.41) is 3.63. The maximum atomic E-state index is 5.80. The van der Waals surface area contributed by atoms with E-state index in [-0.39, 0.29) is 0 Å². The van der Waals surface area contributed by atoms with Gasteiger partial charge >= 0.3 is 0 Å². The van der Waals surface area contributed by atoms with Crippen LogP contribution >= 0.6 is 0 Å². The first-order valence-electron chi connectivity index (χ1n) is 7.33. The molecule has 0 radical (unpaired) electrons. The molecule has 2 saturated heterocycles. The van der Waals surface area contributed by atoms with Gasteiger partial charge in [0.05, 0.1) is 6.10 Å². The highest BCUT2D eigenvalue weighted by Gasteiger charge is 2.32. The topological polar surface area (TPSA) is 24.5 Å². The largest absolute Gasteiger partial charge is 0.378 e. The summed E-state index contributed by atoms with van der Waals surface area (Å²) in [6.45, 7) is 11.4. The Bertz CT molecular complexity index is 234. The minimum atomic E-state index is 0.511. The minimum absolute atomic E-state index is 0.511. The molecule has 0 aromatic heterocycles. The smallest absolute Gasteiger partial charge is 0.0613 e. The molecular formula is C14H28N2O. The first kappa shape index (κ1) is 13.3. The predicted molar refractivity (Wildman–Crippen MR) is 71.3 cm³/mol. The van der Waals surface area contributed by atoms with Crippen LogP contribution < -0.4 is 5.32 Å². The number of hydrogen-bond acceptors (Lipinski definition) is 3. The van der Waals surface area contributed by atoms with Crippen molar-refractivity contribution in [2.24, 2.45) is 5.92 Å². The molecule has 100 valence electrons. The Balaban J connectivity index is 1.87. The van der Waals surface area contributed by atoms with Gasteiger partial charge in [-0.25, -0.2) is 0 Å². The second-order valence-corrected chi connectivity index (χ2v) is 5.68. The van der Waals surface area contributed by atoms with Crippen LogP contribution in [0.1, 0.15) is 40.0 Å². The lowest BCUT2D eigenvalue weighted by Crippen LogP contribution is -2.56. The lowest BCUT2D eigenvalue weighted by atomic mass is 9.97. The molecule has 0 saturated carbocycles. The van der Waals surface area contributed by atoms with Crippen molar-refractivity contribution in [2.45, 2.75) is 58.2 Å². The fourth-order valence-corrected chi connectivity index (χ4v) is 3.18. The second-order valence-electron chi connectivity index (χ2n) is 5.68. The van der Waals surface area contributed by atoms with Gasteiger partial charge in [0.15, 0.2) is 0 Å². The predicted octanol–water partition coefficient (Wildman–Crippen LogP) is 1.87. The van der Waals surface area contributed by atoms with E-state index in [2.05, 4.69) is 31.0 Å². The molecule has 17 heavy (non-hydrogen) atoms. The Hall–Kier alpha value is -0.120. The molecule has 2 rings (SSSR count). The summed E-state index contributed by atoms with van der Waals surface area (Å²) in [6, 6.07) is 1.37. The molecule has 0 aliphatic carbocycles. The van der Waals surface area contributed by atoms with Crippen LogP contribution in [0, 0.1) is 5.92 Å². The number of ether oxygens (including phenoxy) is 1. The van der Waals surface area contributed by atoms with Crippen LogP contribution in [0.5, 0.6) is 0 Å². The third-order valence-electron chi connectivity index (χ3n) is 4.49. The molecule has 2 fully saturated rings. The van der Waals surface area contributed by atoms with E-state index >= 15 is 0 Å². The van der Waals surface area contributed by atoms with Crippen LogP contribution in [0.15, 0.2) is 0 Å². The van der Waals surface area contributed by atoms with Crippen LogP contribution in [-0.2, 0) is 4.74 Å². The van der Waals surface area contributed by atoms with Gasteiger partial charge in [0.1, 0.15) is 0 Å². The zero-order valence-electron chi connectivity index (χ0n) is 11.6. The molecule has 0 amide bonds. The number of hydrogen-bond donors (Lipinski definition) is 1. The Morgan fingerprint density at radius 3 is 2.82 bits per heavy atom. The summed E-state index contributed by atoms with van der Waals surface area (Å²) >= 11 is 0. The van der Waals surface area contributed by atoms with Gasteiger partial charge in [-0.05, 0) is 32.1 Å². The molecule has 0 aromatic rings. The molecule has 4 unspecified atom stereocenters. The summed E-state index contributed by atoms with van der Waals surface area (Å²) in [6.07, 6.45) is 4.17. The highest BCUT2D eigenvalue weighted by molar-refractivity contribution is 4.87. The van der Waals surface area contributed by atoms with Gasteiger partial charge in [0.25, 0.3) is 0 Å². The van der Waals surface area contributed by atoms with E-state index < -0.39 is 0 Å². The van der Waals surface area contributed by atoms with Crippen molar-refractivity contribution >= 4 is 0 Å². The Kier molecular flexibility index (Phi) is 4.83. The number of rotatable bonds is 4. The Morgan fingerprint density at radius 1 is 1.29 bits per heavy atom. The third-order valence-corrected chi connectivity index (χ3v) is 4.49. The van der Waals surface area contributed by atoms with E-state index in [1.807, 2.05) is 0 Å². The highest BCUT2D eigenvalue weighted by atomic mass is 16.5. The summed E-state index contributed by atoms with van der Waals surface area (Å²) < 4.78 is 5.80. The second kappa shape index (κ2) is 6.17. The van der Waals surface area contributed by atoms with E-state index in [1.165, 1.54) is 32.4 Å². The standard InChI is InChI=1S/C14H28N2O/c1-4-13-10-16(11(3)8-15-13)9-12-6-7-17-14(12)5-2/h11-15H,4-10H2,1-3H3. The van der Waals surface area contributed by atoms with Crippen LogP contribution in [0.2, 0.25) is 0 Å². The third kappa shape index (κ3) is 3.21. The van der Waals surface area contributed by atoms with Gasteiger partial charge in [-0.1, -0.05) is 13.8 Å². The van der Waals surface area contributed by atoms with Gasteiger partial charge in [-0.15, -0.1) is 0 Å². The van der Waals surface area contributed by atoms with Gasteiger partial charge in [-0.3, -0.25) is 4.90 Å².